The van der Waals surface area contributed by atoms with Crippen LogP contribution in [-0.4, -0.2) is 27.2 Å². The van der Waals surface area contributed by atoms with Crippen molar-refractivity contribution in [3.63, 3.8) is 0 Å². The van der Waals surface area contributed by atoms with Gasteiger partial charge in [-0.15, -0.1) is 0 Å². The van der Waals surface area contributed by atoms with Crippen molar-refractivity contribution >= 4 is 27.9 Å². The zero-order valence-corrected chi connectivity index (χ0v) is 15.7. The lowest BCUT2D eigenvalue weighted by Gasteiger charge is -2.20. The van der Waals surface area contributed by atoms with Crippen LogP contribution in [0.4, 0.5) is 0 Å². The molecule has 1 aromatic heterocycles. The molecule has 6 nitrogen and oxygen atoms in total. The summed E-state index contributed by atoms with van der Waals surface area (Å²) in [5.41, 5.74) is -0.618. The fraction of sp³-hybridized carbons (Fsp3) is 0.278. The first kappa shape index (κ1) is 18.9. The monoisotopic (exact) mass is 407 g/mol. The lowest BCUT2D eigenvalue weighted by molar-refractivity contribution is -0.155. The summed E-state index contributed by atoms with van der Waals surface area (Å²) in [7, 11) is 0. The molecule has 7 heteroatoms. The van der Waals surface area contributed by atoms with E-state index < -0.39 is 28.7 Å². The van der Waals surface area contributed by atoms with Gasteiger partial charge in [-0.3, -0.25) is 9.59 Å². The molecule has 0 fully saturated rings. The summed E-state index contributed by atoms with van der Waals surface area (Å²) in [5.74, 6) is -1.96. The third-order valence-corrected chi connectivity index (χ3v) is 3.69. The fourth-order valence-corrected chi connectivity index (χ4v) is 2.64. The van der Waals surface area contributed by atoms with Gasteiger partial charge >= 0.3 is 11.9 Å². The van der Waals surface area contributed by atoms with Crippen LogP contribution in [0.2, 0.25) is 0 Å². The molecule has 0 amide bonds. The van der Waals surface area contributed by atoms with Gasteiger partial charge in [-0.1, -0.05) is 28.1 Å². The van der Waals surface area contributed by atoms with Crippen molar-refractivity contribution in [3.8, 4) is 11.1 Å². The van der Waals surface area contributed by atoms with E-state index in [1.807, 2.05) is 6.07 Å². The van der Waals surface area contributed by atoms with Crippen molar-refractivity contribution in [3.05, 3.63) is 56.9 Å². The molecular formula is C18H18BrNO5. The average molecular weight is 408 g/mol. The van der Waals surface area contributed by atoms with Crippen LogP contribution in [0.5, 0.6) is 0 Å². The van der Waals surface area contributed by atoms with Crippen LogP contribution >= 0.6 is 15.9 Å². The third kappa shape index (κ3) is 5.03. The number of pyridine rings is 1. The van der Waals surface area contributed by atoms with Gasteiger partial charge in [0.25, 0.3) is 5.56 Å². The van der Waals surface area contributed by atoms with Gasteiger partial charge in [-0.25, -0.2) is 4.79 Å². The van der Waals surface area contributed by atoms with E-state index >= 15 is 0 Å². The van der Waals surface area contributed by atoms with Gasteiger partial charge in [0.1, 0.15) is 17.7 Å². The number of ether oxygens (including phenoxy) is 1. The molecule has 1 N–H and O–H groups in total. The van der Waals surface area contributed by atoms with E-state index in [-0.39, 0.29) is 6.54 Å². The molecule has 0 aliphatic carbocycles. The number of carboxylic acid groups (broad SMARTS) is 1. The van der Waals surface area contributed by atoms with E-state index in [1.165, 1.54) is 12.3 Å². The fourth-order valence-electron chi connectivity index (χ4n) is 2.25. The lowest BCUT2D eigenvalue weighted by Crippen LogP contribution is -2.32. The Hall–Kier alpha value is -2.41. The van der Waals surface area contributed by atoms with Gasteiger partial charge in [-0.05, 0) is 50.1 Å². The number of nitrogens with zero attached hydrogens (tertiary/aromatic N) is 1. The number of rotatable bonds is 4. The number of aromatic nitrogens is 1. The minimum Gasteiger partial charge on any atom is -0.477 e. The minimum atomic E-state index is -1.35. The Morgan fingerprint density at radius 1 is 1.20 bits per heavy atom. The standard InChI is InChI=1S/C18H18BrNO5/c1-18(2,3)25-15(21)10-20-9-12(8-14(16(20)22)17(23)24)11-5-4-6-13(19)7-11/h4-9H,10H2,1-3H3,(H,23,24). The molecule has 0 radical (unpaired) electrons. The quantitative estimate of drug-likeness (QED) is 0.785. The number of carbonyl (C=O) groups is 2. The van der Waals surface area contributed by atoms with E-state index in [9.17, 15) is 19.5 Å². The number of halogens is 1. The number of esters is 1. The summed E-state index contributed by atoms with van der Waals surface area (Å²) in [6, 6.07) is 8.51. The zero-order valence-electron chi connectivity index (χ0n) is 14.1. The molecule has 0 spiro atoms. The van der Waals surface area contributed by atoms with Crippen LogP contribution < -0.4 is 5.56 Å². The first-order valence-corrected chi connectivity index (χ1v) is 8.32. The molecular weight excluding hydrogens is 390 g/mol. The highest BCUT2D eigenvalue weighted by molar-refractivity contribution is 9.10. The molecule has 0 saturated heterocycles. The van der Waals surface area contributed by atoms with Crippen molar-refractivity contribution in [2.75, 3.05) is 0 Å². The SMILES string of the molecule is CC(C)(C)OC(=O)Cn1cc(-c2cccc(Br)c2)cc(C(=O)O)c1=O. The van der Waals surface area contributed by atoms with Crippen LogP contribution in [0, 0.1) is 0 Å². The van der Waals surface area contributed by atoms with E-state index in [0.717, 1.165) is 14.6 Å². The highest BCUT2D eigenvalue weighted by Crippen LogP contribution is 2.23. The van der Waals surface area contributed by atoms with Gasteiger partial charge in [0.05, 0.1) is 0 Å². The lowest BCUT2D eigenvalue weighted by atomic mass is 10.1. The number of hydrogen-bond donors (Lipinski definition) is 1. The maximum atomic E-state index is 12.3. The molecule has 1 aromatic carbocycles. The highest BCUT2D eigenvalue weighted by atomic mass is 79.9. The van der Waals surface area contributed by atoms with Gasteiger partial charge < -0.3 is 14.4 Å². The molecule has 25 heavy (non-hydrogen) atoms. The predicted molar refractivity (Wildman–Crippen MR) is 96.6 cm³/mol. The molecule has 0 unspecified atom stereocenters. The minimum absolute atomic E-state index is 0.363. The smallest absolute Gasteiger partial charge is 0.341 e. The normalized spacial score (nSPS) is 11.2. The molecule has 2 rings (SSSR count). The molecule has 2 aromatic rings. The van der Waals surface area contributed by atoms with Crippen molar-refractivity contribution in [1.29, 1.82) is 0 Å². The van der Waals surface area contributed by atoms with Crippen LogP contribution in [-0.2, 0) is 16.1 Å². The predicted octanol–water partition coefficient (Wildman–Crippen LogP) is 3.32. The van der Waals surface area contributed by atoms with Crippen LogP contribution in [0.25, 0.3) is 11.1 Å². The van der Waals surface area contributed by atoms with Crippen molar-refractivity contribution in [1.82, 2.24) is 4.57 Å². The maximum absolute atomic E-state index is 12.3. The van der Waals surface area contributed by atoms with Crippen LogP contribution in [0.1, 0.15) is 31.1 Å². The first-order chi connectivity index (χ1) is 11.6. The second kappa shape index (κ2) is 7.23. The number of carbonyl (C=O) groups excluding carboxylic acids is 1. The van der Waals surface area contributed by atoms with Gasteiger partial charge in [0.2, 0.25) is 0 Å². The molecule has 132 valence electrons. The van der Waals surface area contributed by atoms with Crippen molar-refractivity contribution < 1.29 is 19.4 Å². The Balaban J connectivity index is 2.50. The summed E-state index contributed by atoms with van der Waals surface area (Å²) in [5, 5.41) is 9.30. The number of carboxylic acids is 1. The molecule has 0 atom stereocenters. The first-order valence-electron chi connectivity index (χ1n) is 7.52. The highest BCUT2D eigenvalue weighted by Gasteiger charge is 2.20. The van der Waals surface area contributed by atoms with E-state index in [4.69, 9.17) is 4.74 Å². The third-order valence-electron chi connectivity index (χ3n) is 3.19. The Bertz CT molecular complexity index is 880. The van der Waals surface area contributed by atoms with Gasteiger partial charge in [0, 0.05) is 10.7 Å². The zero-order chi connectivity index (χ0) is 18.8. The second-order valence-corrected chi connectivity index (χ2v) is 7.39. The average Bonchev–Trinajstić information content (AvgIpc) is 2.47. The van der Waals surface area contributed by atoms with Crippen molar-refractivity contribution in [2.24, 2.45) is 0 Å². The maximum Gasteiger partial charge on any atom is 0.341 e. The van der Waals surface area contributed by atoms with Crippen LogP contribution in [0.15, 0.2) is 45.8 Å². The number of aromatic carboxylic acids is 1. The number of hydrogen-bond acceptors (Lipinski definition) is 4. The molecule has 1 heterocycles. The topological polar surface area (TPSA) is 85.6 Å². The Morgan fingerprint density at radius 2 is 1.88 bits per heavy atom. The Labute approximate surface area is 153 Å². The molecule has 0 aliphatic rings. The molecule has 0 aliphatic heterocycles. The Kier molecular flexibility index (Phi) is 5.47. The summed E-state index contributed by atoms with van der Waals surface area (Å²) in [4.78, 5) is 35.8. The number of benzene rings is 1. The molecule has 0 saturated carbocycles. The summed E-state index contributed by atoms with van der Waals surface area (Å²) in [6.07, 6.45) is 1.46. The summed E-state index contributed by atoms with van der Waals surface area (Å²) >= 11 is 3.35. The van der Waals surface area contributed by atoms with Gasteiger partial charge in [0.15, 0.2) is 0 Å². The summed E-state index contributed by atoms with van der Waals surface area (Å²) < 4.78 is 7.08. The van der Waals surface area contributed by atoms with E-state index in [0.29, 0.717) is 5.56 Å². The summed E-state index contributed by atoms with van der Waals surface area (Å²) in [6.45, 7) is 4.79. The second-order valence-electron chi connectivity index (χ2n) is 6.48. The van der Waals surface area contributed by atoms with Crippen molar-refractivity contribution in [2.45, 2.75) is 32.9 Å². The van der Waals surface area contributed by atoms with E-state index in [2.05, 4.69) is 15.9 Å². The van der Waals surface area contributed by atoms with Gasteiger partial charge in [-0.2, -0.15) is 0 Å². The Morgan fingerprint density at radius 3 is 2.44 bits per heavy atom. The van der Waals surface area contributed by atoms with Crippen LogP contribution in [0.3, 0.4) is 0 Å². The largest absolute Gasteiger partial charge is 0.477 e. The molecule has 0 bridgehead atoms. The van der Waals surface area contributed by atoms with E-state index in [1.54, 1.807) is 39.0 Å².